The molecule has 0 fully saturated rings. The summed E-state index contributed by atoms with van der Waals surface area (Å²) < 4.78 is 4.90. The number of ether oxygens (including phenoxy) is 1. The zero-order valence-corrected chi connectivity index (χ0v) is 12.7. The molecule has 2 aromatic rings. The van der Waals surface area contributed by atoms with Crippen LogP contribution in [0.1, 0.15) is 41.0 Å². The van der Waals surface area contributed by atoms with E-state index in [1.165, 1.54) is 0 Å². The average Bonchev–Trinajstić information content (AvgIpc) is 3.07. The summed E-state index contributed by atoms with van der Waals surface area (Å²) >= 11 is 0. The molecule has 0 spiro atoms. The normalized spacial score (nSPS) is 8.90. The molecule has 0 amide bonds. The summed E-state index contributed by atoms with van der Waals surface area (Å²) in [7, 11) is 0. The van der Waals surface area contributed by atoms with Gasteiger partial charge in [0.2, 0.25) is 0 Å². The molecule has 4 heteroatoms. The quantitative estimate of drug-likeness (QED) is 0.375. The third kappa shape index (κ3) is 6.50. The van der Waals surface area contributed by atoms with Crippen molar-refractivity contribution < 1.29 is 31.4 Å². The van der Waals surface area contributed by atoms with Gasteiger partial charge in [0, 0.05) is 17.1 Å². The molecule has 0 saturated carbocycles. The molecule has 0 bridgehead atoms. The van der Waals surface area contributed by atoms with E-state index in [0.29, 0.717) is 12.2 Å². The van der Waals surface area contributed by atoms with Crippen molar-refractivity contribution in [1.29, 1.82) is 0 Å². The third-order valence-electron chi connectivity index (χ3n) is 2.40. The van der Waals surface area contributed by atoms with Gasteiger partial charge in [0.05, 0.1) is 6.61 Å². The van der Waals surface area contributed by atoms with Gasteiger partial charge in [0.25, 0.3) is 5.97 Å². The molecule has 0 N–H and O–H groups in total. The summed E-state index contributed by atoms with van der Waals surface area (Å²) in [6.45, 7) is 4.04. The minimum atomic E-state index is -0.225. The first kappa shape index (κ1) is 18.4. The smallest absolute Gasteiger partial charge is 0.281 e. The van der Waals surface area contributed by atoms with Crippen molar-refractivity contribution in [3.05, 3.63) is 59.7 Å². The first-order chi connectivity index (χ1) is 9.15. The largest absolute Gasteiger partial charge is 0.718 e. The van der Waals surface area contributed by atoms with Crippen molar-refractivity contribution in [2.45, 2.75) is 20.3 Å². The summed E-state index contributed by atoms with van der Waals surface area (Å²) in [5.74, 6) is -0.0909. The van der Waals surface area contributed by atoms with Crippen LogP contribution in [0.5, 0.6) is 0 Å². The van der Waals surface area contributed by atoms with Gasteiger partial charge in [-0.1, -0.05) is 12.5 Å². The number of carbonyl (C=O) groups is 2. The number of esters is 1. The van der Waals surface area contributed by atoms with E-state index in [4.69, 9.17) is 4.74 Å². The van der Waals surface area contributed by atoms with E-state index in [-0.39, 0.29) is 28.8 Å². The minimum Gasteiger partial charge on any atom is -0.718 e. The van der Waals surface area contributed by atoms with E-state index < -0.39 is 0 Å². The molecule has 0 aliphatic rings. The topological polar surface area (TPSA) is 43.4 Å². The number of carbonyl (C=O) groups excluding carboxylic acids is 2. The maximum Gasteiger partial charge on any atom is 0.281 e. The molecule has 2 aromatic carbocycles. The molecular formula is C16H18FeO3-6. The van der Waals surface area contributed by atoms with Crippen LogP contribution in [0.25, 0.3) is 0 Å². The van der Waals surface area contributed by atoms with Crippen LogP contribution in [0, 0.1) is 0 Å². The van der Waals surface area contributed by atoms with Gasteiger partial charge in [-0.25, -0.2) is 12.1 Å². The Hall–Kier alpha value is -1.64. The average molecular weight is 314 g/mol. The van der Waals surface area contributed by atoms with Gasteiger partial charge in [-0.05, 0) is 6.42 Å². The Balaban J connectivity index is 0.000000359. The van der Waals surface area contributed by atoms with Crippen molar-refractivity contribution in [3.63, 3.8) is 0 Å². The maximum absolute atomic E-state index is 11.0. The van der Waals surface area contributed by atoms with Crippen LogP contribution in [0.4, 0.5) is 0 Å². The third-order valence-corrected chi connectivity index (χ3v) is 2.40. The van der Waals surface area contributed by atoms with Crippen LogP contribution in [-0.2, 0) is 21.8 Å². The molecular weight excluding hydrogens is 296 g/mol. The molecule has 0 unspecified atom stereocenters. The summed E-state index contributed by atoms with van der Waals surface area (Å²) in [6.07, 6.45) is 0.868. The Morgan fingerprint density at radius 1 is 1.15 bits per heavy atom. The van der Waals surface area contributed by atoms with Gasteiger partial charge in [0.15, 0.2) is 0 Å². The standard InChI is InChI=1S/C9H11O2.C7H7O.Fe/c1-2-7-11-9(10)8-5-3-4-6-8;1-6(8)7-4-2-3-5-7;/h3-6H,2,7H2,1H3;2-5H,1H3;/q-1;-5;. The number of Topliss-reactive ketones (excluding diaryl/α,β-unsaturated/α-hetero) is 1. The minimum absolute atomic E-state index is 0. The zero-order valence-electron chi connectivity index (χ0n) is 11.6. The van der Waals surface area contributed by atoms with Crippen molar-refractivity contribution in [1.82, 2.24) is 0 Å². The van der Waals surface area contributed by atoms with Crippen LogP contribution < -0.4 is 0 Å². The second-order valence-corrected chi connectivity index (χ2v) is 4.04. The SMILES string of the molecule is CC(=O)[c-]1[cH-][cH-][cH-][cH-]1.CCCOC(=O)[c-]1cccc1.[Fe]. The summed E-state index contributed by atoms with van der Waals surface area (Å²) in [5.41, 5.74) is 1.43. The Morgan fingerprint density at radius 2 is 1.70 bits per heavy atom. The molecule has 0 aliphatic heterocycles. The van der Waals surface area contributed by atoms with Crippen molar-refractivity contribution in [2.75, 3.05) is 6.61 Å². The fourth-order valence-corrected chi connectivity index (χ4v) is 1.40. The summed E-state index contributed by atoms with van der Waals surface area (Å²) in [6, 6.07) is 14.5. The van der Waals surface area contributed by atoms with Crippen LogP contribution >= 0.6 is 0 Å². The molecule has 0 atom stereocenters. The van der Waals surface area contributed by atoms with Crippen molar-refractivity contribution >= 4 is 11.8 Å². The van der Waals surface area contributed by atoms with Crippen LogP contribution in [-0.4, -0.2) is 18.4 Å². The molecule has 0 aliphatic carbocycles. The van der Waals surface area contributed by atoms with Gasteiger partial charge >= 0.3 is 0 Å². The maximum atomic E-state index is 11.0. The molecule has 0 aromatic heterocycles. The number of rotatable bonds is 4. The fraction of sp³-hybridized carbons (Fsp3) is 0.250. The first-order valence-corrected chi connectivity index (χ1v) is 6.26. The molecule has 3 nitrogen and oxygen atoms in total. The molecule has 2 rings (SSSR count). The van der Waals surface area contributed by atoms with Crippen LogP contribution in [0.3, 0.4) is 0 Å². The van der Waals surface area contributed by atoms with Gasteiger partial charge in [0.1, 0.15) is 0 Å². The molecule has 0 radical (unpaired) electrons. The van der Waals surface area contributed by atoms with Gasteiger partial charge in [-0.15, -0.1) is 6.92 Å². The van der Waals surface area contributed by atoms with Gasteiger partial charge < -0.3 is 39.4 Å². The van der Waals surface area contributed by atoms with E-state index in [0.717, 1.165) is 12.0 Å². The molecule has 20 heavy (non-hydrogen) atoms. The van der Waals surface area contributed by atoms with Gasteiger partial charge in [-0.2, -0.15) is 12.1 Å². The predicted molar refractivity (Wildman–Crippen MR) is 74.6 cm³/mol. The predicted octanol–water partition coefficient (Wildman–Crippen LogP) is 3.58. The van der Waals surface area contributed by atoms with E-state index in [1.54, 1.807) is 19.1 Å². The number of ketones is 1. The summed E-state index contributed by atoms with van der Waals surface area (Å²) in [4.78, 5) is 21.5. The number of hydrogen-bond donors (Lipinski definition) is 0. The Labute approximate surface area is 130 Å². The molecule has 0 saturated heterocycles. The van der Waals surface area contributed by atoms with Crippen LogP contribution in [0.2, 0.25) is 0 Å². The van der Waals surface area contributed by atoms with E-state index in [1.807, 2.05) is 43.3 Å². The molecule has 0 heterocycles. The Kier molecular flexibility index (Phi) is 9.35. The zero-order chi connectivity index (χ0) is 14.1. The summed E-state index contributed by atoms with van der Waals surface area (Å²) in [5, 5.41) is 0. The Bertz CT molecular complexity index is 484. The fourth-order valence-electron chi connectivity index (χ4n) is 1.40. The van der Waals surface area contributed by atoms with E-state index in [2.05, 4.69) is 0 Å². The first-order valence-electron chi connectivity index (χ1n) is 6.26. The van der Waals surface area contributed by atoms with Crippen LogP contribution in [0.15, 0.2) is 48.5 Å². The second-order valence-electron chi connectivity index (χ2n) is 4.04. The monoisotopic (exact) mass is 314 g/mol. The Morgan fingerprint density at radius 3 is 2.10 bits per heavy atom. The van der Waals surface area contributed by atoms with Crippen molar-refractivity contribution in [2.24, 2.45) is 0 Å². The number of hydrogen-bond acceptors (Lipinski definition) is 3. The van der Waals surface area contributed by atoms with E-state index in [9.17, 15) is 9.59 Å². The molecule has 114 valence electrons. The van der Waals surface area contributed by atoms with E-state index >= 15 is 0 Å². The van der Waals surface area contributed by atoms with Gasteiger partial charge in [-0.3, -0.25) is 10.6 Å². The van der Waals surface area contributed by atoms with Crippen molar-refractivity contribution in [3.8, 4) is 0 Å². The second kappa shape index (κ2) is 10.2.